The van der Waals surface area contributed by atoms with Crippen LogP contribution in [0, 0.1) is 0 Å². The Labute approximate surface area is 314 Å². The molecule has 10 nitrogen and oxygen atoms in total. The van der Waals surface area contributed by atoms with Crippen molar-refractivity contribution in [1.82, 2.24) is 15.2 Å². The molecule has 0 unspecified atom stereocenters. The summed E-state index contributed by atoms with van der Waals surface area (Å²) in [6.45, 7) is 15.8. The van der Waals surface area contributed by atoms with Gasteiger partial charge in [-0.05, 0) is 74.1 Å². The van der Waals surface area contributed by atoms with Crippen LogP contribution in [-0.2, 0) is 30.8 Å². The maximum atomic E-state index is 14.1. The van der Waals surface area contributed by atoms with Crippen LogP contribution in [0.15, 0.2) is 114 Å². The number of benzene rings is 3. The molecule has 53 heavy (non-hydrogen) atoms. The van der Waals surface area contributed by atoms with E-state index >= 15 is 0 Å². The lowest BCUT2D eigenvalue weighted by Crippen LogP contribution is -2.49. The van der Waals surface area contributed by atoms with Crippen molar-refractivity contribution in [2.45, 2.75) is 96.2 Å². The average Bonchev–Trinajstić information content (AvgIpc) is 3.10. The zero-order valence-electron chi connectivity index (χ0n) is 32.2. The van der Waals surface area contributed by atoms with Crippen LogP contribution < -0.4 is 21.5 Å². The molecule has 4 rings (SSSR count). The van der Waals surface area contributed by atoms with E-state index in [0.29, 0.717) is 0 Å². The molecule has 0 saturated heterocycles. The van der Waals surface area contributed by atoms with Crippen LogP contribution in [0.5, 0.6) is 0 Å². The summed E-state index contributed by atoms with van der Waals surface area (Å²) in [5, 5.41) is 8.82. The molecule has 0 aliphatic rings. The Bertz CT molecular complexity index is 1790. The van der Waals surface area contributed by atoms with Crippen molar-refractivity contribution in [3.05, 3.63) is 136 Å². The maximum Gasteiger partial charge on any atom is 0.412 e. The largest absolute Gasteiger partial charge is 0.444 e. The zero-order valence-corrected chi connectivity index (χ0v) is 33.2. The van der Waals surface area contributed by atoms with E-state index in [9.17, 15) is 19.2 Å². The minimum atomic E-state index is -2.23. The Morgan fingerprint density at radius 1 is 0.736 bits per heavy atom. The van der Waals surface area contributed by atoms with E-state index in [2.05, 4.69) is 49.8 Å². The lowest BCUT2D eigenvalue weighted by Gasteiger charge is -2.38. The number of nitrogens with one attached hydrogen (secondary N) is 3. The summed E-state index contributed by atoms with van der Waals surface area (Å²) in [7, 11) is -2.23. The Morgan fingerprint density at radius 3 is 1.72 bits per heavy atom. The predicted molar refractivity (Wildman–Crippen MR) is 212 cm³/mol. The molecule has 4 aromatic rings. The molecule has 3 amide bonds. The number of amides is 3. The fourth-order valence-corrected chi connectivity index (χ4v) is 6.73. The first kappa shape index (κ1) is 40.8. The van der Waals surface area contributed by atoms with E-state index in [1.54, 1.807) is 26.8 Å². The normalized spacial score (nSPS) is 12.8. The monoisotopic (exact) mass is 738 g/mol. The van der Waals surface area contributed by atoms with Gasteiger partial charge in [0, 0.05) is 12.6 Å². The predicted octanol–water partition coefficient (Wildman–Crippen LogP) is 7.59. The van der Waals surface area contributed by atoms with E-state index in [4.69, 9.17) is 9.16 Å². The molecule has 0 aliphatic heterocycles. The Morgan fingerprint density at radius 2 is 1.25 bits per heavy atom. The number of ether oxygens (including phenoxy) is 1. The van der Waals surface area contributed by atoms with Gasteiger partial charge in [0.05, 0.1) is 12.6 Å². The summed E-state index contributed by atoms with van der Waals surface area (Å²) < 4.78 is 13.0. The van der Waals surface area contributed by atoms with Crippen molar-refractivity contribution in [3.63, 3.8) is 0 Å². The van der Waals surface area contributed by atoms with Crippen LogP contribution in [-0.4, -0.2) is 49.0 Å². The molecule has 0 spiro atoms. The topological polar surface area (TPSA) is 128 Å². The number of aromatic nitrogens is 1. The second-order valence-corrected chi connectivity index (χ2v) is 20.6. The highest BCUT2D eigenvalue weighted by atomic mass is 28.4. The fraction of sp³-hybridized carbons (Fsp3) is 0.381. The first-order valence-electron chi connectivity index (χ1n) is 18.0. The third-order valence-electron chi connectivity index (χ3n) is 9.45. The quantitative estimate of drug-likeness (QED) is 0.0904. The molecule has 0 aliphatic carbocycles. The van der Waals surface area contributed by atoms with Crippen molar-refractivity contribution >= 4 is 31.9 Å². The number of pyridine rings is 1. The van der Waals surface area contributed by atoms with Crippen LogP contribution in [0.4, 0.5) is 10.5 Å². The molecule has 0 radical (unpaired) electrons. The molecular weight excluding hydrogens is 685 g/mol. The van der Waals surface area contributed by atoms with Gasteiger partial charge in [-0.3, -0.25) is 19.7 Å². The minimum Gasteiger partial charge on any atom is -0.444 e. The molecule has 282 valence electrons. The van der Waals surface area contributed by atoms with Gasteiger partial charge in [0.15, 0.2) is 8.32 Å². The van der Waals surface area contributed by atoms with Crippen LogP contribution in [0.1, 0.15) is 71.1 Å². The number of anilines is 1. The van der Waals surface area contributed by atoms with Gasteiger partial charge in [-0.25, -0.2) is 4.79 Å². The Hall–Kier alpha value is -5.00. The highest BCUT2D eigenvalue weighted by molar-refractivity contribution is 6.74. The maximum absolute atomic E-state index is 14.1. The van der Waals surface area contributed by atoms with Crippen molar-refractivity contribution in [2.24, 2.45) is 0 Å². The SMILES string of the molecule is CC(C)(C)OC(=O)Nc1cccn(CC(=O)N[C@@H](CCC(=O)NC(c2ccccc2)(c2ccccc2)c2ccccc2)CO[Si](C)(C)C(C)(C)C)c1=O. The van der Waals surface area contributed by atoms with Crippen molar-refractivity contribution in [1.29, 1.82) is 0 Å². The summed E-state index contributed by atoms with van der Waals surface area (Å²) in [5.74, 6) is -0.636. The summed E-state index contributed by atoms with van der Waals surface area (Å²) in [6.07, 6.45) is 1.09. The Kier molecular flexibility index (Phi) is 13.2. The smallest absolute Gasteiger partial charge is 0.412 e. The van der Waals surface area contributed by atoms with E-state index in [0.717, 1.165) is 16.7 Å². The molecule has 0 fully saturated rings. The number of nitrogens with zero attached hydrogens (tertiary/aromatic N) is 1. The lowest BCUT2D eigenvalue weighted by atomic mass is 9.77. The van der Waals surface area contributed by atoms with E-state index in [1.807, 2.05) is 91.0 Å². The highest BCUT2D eigenvalue weighted by Crippen LogP contribution is 2.38. The molecule has 0 bridgehead atoms. The van der Waals surface area contributed by atoms with Crippen LogP contribution in [0.3, 0.4) is 0 Å². The second kappa shape index (κ2) is 17.2. The van der Waals surface area contributed by atoms with Gasteiger partial charge >= 0.3 is 6.09 Å². The molecule has 1 heterocycles. The summed E-state index contributed by atoms with van der Waals surface area (Å²) >= 11 is 0. The standard InChI is InChI=1S/C42H54N4O6Si/c1-40(2,3)52-39(50)44-35-25-18-28-46(38(35)49)29-37(48)43-34(30-51-53(7,8)41(4,5)6)26-27-36(47)45-42(31-19-12-9-13-20-31,32-21-14-10-15-22-32)33-23-16-11-17-24-33/h9-25,28,34H,26-27,29-30H2,1-8H3,(H,43,48)(H,44,50)(H,45,47)/t34-/m0/s1. The summed E-state index contributed by atoms with van der Waals surface area (Å²) in [6, 6.07) is 32.2. The molecule has 1 aromatic heterocycles. The first-order chi connectivity index (χ1) is 24.9. The van der Waals surface area contributed by atoms with E-state index < -0.39 is 43.1 Å². The van der Waals surface area contributed by atoms with Gasteiger partial charge in [-0.15, -0.1) is 0 Å². The molecule has 0 saturated carbocycles. The summed E-state index contributed by atoms with van der Waals surface area (Å²) in [5.41, 5.74) is 0.435. The van der Waals surface area contributed by atoms with E-state index in [1.165, 1.54) is 16.8 Å². The first-order valence-corrected chi connectivity index (χ1v) is 20.9. The minimum absolute atomic E-state index is 0.0113. The van der Waals surface area contributed by atoms with Gasteiger partial charge in [-0.1, -0.05) is 112 Å². The molecule has 1 atom stereocenters. The van der Waals surface area contributed by atoms with Gasteiger partial charge < -0.3 is 24.4 Å². The fourth-order valence-electron chi connectivity index (χ4n) is 5.68. The van der Waals surface area contributed by atoms with Crippen LogP contribution >= 0.6 is 0 Å². The molecular formula is C42H54N4O6Si. The molecule has 3 aromatic carbocycles. The van der Waals surface area contributed by atoms with Crippen LogP contribution in [0.2, 0.25) is 18.1 Å². The number of hydrogen-bond donors (Lipinski definition) is 3. The third-order valence-corrected chi connectivity index (χ3v) is 14.0. The van der Waals surface area contributed by atoms with Gasteiger partial charge in [0.25, 0.3) is 5.56 Å². The number of carbonyl (C=O) groups excluding carboxylic acids is 3. The molecule has 11 heteroatoms. The summed E-state index contributed by atoms with van der Waals surface area (Å²) in [4.78, 5) is 53.2. The van der Waals surface area contributed by atoms with E-state index in [-0.39, 0.29) is 42.6 Å². The van der Waals surface area contributed by atoms with Crippen LogP contribution in [0.25, 0.3) is 0 Å². The lowest BCUT2D eigenvalue weighted by molar-refractivity contribution is -0.124. The van der Waals surface area contributed by atoms with Gasteiger partial charge in [0.2, 0.25) is 11.8 Å². The average molecular weight is 739 g/mol. The number of carbonyl (C=O) groups is 3. The van der Waals surface area contributed by atoms with Crippen molar-refractivity contribution in [2.75, 3.05) is 11.9 Å². The van der Waals surface area contributed by atoms with Gasteiger partial charge in [0.1, 0.15) is 23.4 Å². The zero-order chi connectivity index (χ0) is 38.9. The van der Waals surface area contributed by atoms with Crippen molar-refractivity contribution < 1.29 is 23.5 Å². The second-order valence-electron chi connectivity index (χ2n) is 15.8. The van der Waals surface area contributed by atoms with Gasteiger partial charge in [-0.2, -0.15) is 0 Å². The highest BCUT2D eigenvalue weighted by Gasteiger charge is 2.39. The Balaban J connectivity index is 1.57. The number of rotatable bonds is 14. The van der Waals surface area contributed by atoms with Crippen molar-refractivity contribution in [3.8, 4) is 0 Å². The molecule has 3 N–H and O–H groups in total. The number of hydrogen-bond acceptors (Lipinski definition) is 6. The third kappa shape index (κ3) is 11.0.